The molecule has 0 fully saturated rings. The quantitative estimate of drug-likeness (QED) is 0.650. The van der Waals surface area contributed by atoms with Crippen LogP contribution in [0.15, 0.2) is 40.1 Å². The molecule has 0 aliphatic carbocycles. The third kappa shape index (κ3) is 3.85. The van der Waals surface area contributed by atoms with Gasteiger partial charge in [-0.05, 0) is 37.4 Å². The molecule has 3 rings (SSSR count). The van der Waals surface area contributed by atoms with E-state index in [0.29, 0.717) is 21.7 Å². The number of para-hydroxylation sites is 1. The van der Waals surface area contributed by atoms with E-state index in [2.05, 4.69) is 5.32 Å². The molecule has 0 bridgehead atoms. The molecule has 7 nitrogen and oxygen atoms in total. The highest BCUT2D eigenvalue weighted by atomic mass is 32.1. The molecule has 0 saturated heterocycles. The van der Waals surface area contributed by atoms with Crippen molar-refractivity contribution in [2.24, 2.45) is 0 Å². The molecule has 2 N–H and O–H groups in total. The van der Waals surface area contributed by atoms with Crippen molar-refractivity contribution in [2.45, 2.75) is 20.0 Å². The zero-order chi connectivity index (χ0) is 19.6. The van der Waals surface area contributed by atoms with Crippen LogP contribution in [0, 0.1) is 5.41 Å². The average molecular weight is 386 g/mol. The first-order valence-electron chi connectivity index (χ1n) is 8.16. The Morgan fingerprint density at radius 3 is 2.70 bits per heavy atom. The predicted molar refractivity (Wildman–Crippen MR) is 101 cm³/mol. The molecule has 1 amide bonds. The summed E-state index contributed by atoms with van der Waals surface area (Å²) in [6.45, 7) is 3.50. The molecule has 0 spiro atoms. The molecule has 0 aliphatic rings. The van der Waals surface area contributed by atoms with Gasteiger partial charge >= 0.3 is 5.97 Å². The fourth-order valence-corrected chi connectivity index (χ4v) is 3.25. The molecule has 140 valence electrons. The number of fused-ring (bicyclic) bond motifs is 1. The topological polar surface area (TPSA) is 102 Å². The summed E-state index contributed by atoms with van der Waals surface area (Å²) in [7, 11) is 1.50. The number of thiophene rings is 1. The van der Waals surface area contributed by atoms with Gasteiger partial charge in [-0.3, -0.25) is 10.2 Å². The Kier molecular flexibility index (Phi) is 5.27. The van der Waals surface area contributed by atoms with Crippen LogP contribution in [0.1, 0.15) is 34.6 Å². The second-order valence-corrected chi connectivity index (χ2v) is 6.86. The fraction of sp³-hybridized carbons (Fsp3) is 0.211. The summed E-state index contributed by atoms with van der Waals surface area (Å²) in [5.41, 5.74) is 0.409. The SMILES string of the molecule is COc1cccc2cc(C(=O)Nc3sccc3C(=O)OC(C)C)c(=N)oc12. The molecule has 3 aromatic rings. The van der Waals surface area contributed by atoms with E-state index in [4.69, 9.17) is 19.3 Å². The number of benzene rings is 1. The summed E-state index contributed by atoms with van der Waals surface area (Å²) in [5, 5.41) is 13.4. The lowest BCUT2D eigenvalue weighted by atomic mass is 10.1. The largest absolute Gasteiger partial charge is 0.493 e. The number of hydrogen-bond acceptors (Lipinski definition) is 7. The highest BCUT2D eigenvalue weighted by molar-refractivity contribution is 7.14. The van der Waals surface area contributed by atoms with Gasteiger partial charge in [0.1, 0.15) is 10.6 Å². The van der Waals surface area contributed by atoms with Crippen LogP contribution in [-0.2, 0) is 4.74 Å². The van der Waals surface area contributed by atoms with Gasteiger partial charge in [-0.15, -0.1) is 11.3 Å². The van der Waals surface area contributed by atoms with Gasteiger partial charge in [0, 0.05) is 5.39 Å². The van der Waals surface area contributed by atoms with E-state index in [1.54, 1.807) is 49.6 Å². The Morgan fingerprint density at radius 1 is 1.22 bits per heavy atom. The van der Waals surface area contributed by atoms with E-state index in [1.807, 2.05) is 0 Å². The number of amides is 1. The molecule has 8 heteroatoms. The van der Waals surface area contributed by atoms with Crippen molar-refractivity contribution in [2.75, 3.05) is 12.4 Å². The standard InChI is InChI=1S/C19H18N2O5S/c1-10(2)25-19(23)12-7-8-27-18(12)21-17(22)13-9-11-5-4-6-14(24-3)15(11)26-16(13)20/h4-10,20H,1-3H3,(H,21,22). The minimum atomic E-state index is -0.547. The maximum atomic E-state index is 12.7. The molecule has 0 saturated carbocycles. The summed E-state index contributed by atoms with van der Waals surface area (Å²) in [6.07, 6.45) is -0.268. The van der Waals surface area contributed by atoms with Crippen molar-refractivity contribution in [3.63, 3.8) is 0 Å². The van der Waals surface area contributed by atoms with Crippen LogP contribution in [0.3, 0.4) is 0 Å². The molecule has 2 heterocycles. The Labute approximate surface area is 159 Å². The van der Waals surface area contributed by atoms with Gasteiger partial charge in [0.05, 0.1) is 18.8 Å². The second-order valence-electron chi connectivity index (χ2n) is 5.94. The molecule has 0 radical (unpaired) electrons. The summed E-state index contributed by atoms with van der Waals surface area (Å²) in [4.78, 5) is 24.8. The minimum Gasteiger partial charge on any atom is -0.493 e. The average Bonchev–Trinajstić information content (AvgIpc) is 3.08. The third-order valence-electron chi connectivity index (χ3n) is 3.68. The van der Waals surface area contributed by atoms with Gasteiger partial charge in [-0.1, -0.05) is 12.1 Å². The van der Waals surface area contributed by atoms with Crippen LogP contribution in [-0.4, -0.2) is 25.1 Å². The summed E-state index contributed by atoms with van der Waals surface area (Å²) in [5.74, 6) is -0.583. The number of rotatable bonds is 5. The summed E-state index contributed by atoms with van der Waals surface area (Å²) >= 11 is 1.20. The maximum absolute atomic E-state index is 12.7. The summed E-state index contributed by atoms with van der Waals surface area (Å²) in [6, 6.07) is 8.37. The highest BCUT2D eigenvalue weighted by Crippen LogP contribution is 2.27. The first kappa shape index (κ1) is 18.7. The van der Waals surface area contributed by atoms with Crippen molar-refractivity contribution in [3.8, 4) is 5.75 Å². The number of nitrogens with one attached hydrogen (secondary N) is 2. The van der Waals surface area contributed by atoms with Crippen LogP contribution in [0.25, 0.3) is 11.0 Å². The normalized spacial score (nSPS) is 10.8. The number of anilines is 1. The van der Waals surface area contributed by atoms with Gasteiger partial charge < -0.3 is 19.2 Å². The van der Waals surface area contributed by atoms with E-state index in [1.165, 1.54) is 18.4 Å². The van der Waals surface area contributed by atoms with Crippen LogP contribution >= 0.6 is 11.3 Å². The molecule has 0 atom stereocenters. The van der Waals surface area contributed by atoms with Gasteiger partial charge in [-0.25, -0.2) is 4.79 Å². The van der Waals surface area contributed by atoms with E-state index in [0.717, 1.165) is 0 Å². The lowest BCUT2D eigenvalue weighted by Crippen LogP contribution is -2.21. The van der Waals surface area contributed by atoms with E-state index < -0.39 is 11.9 Å². The predicted octanol–water partition coefficient (Wildman–Crippen LogP) is 3.80. The third-order valence-corrected chi connectivity index (χ3v) is 4.51. The number of hydrogen-bond donors (Lipinski definition) is 2. The molecule has 0 aliphatic heterocycles. The number of methoxy groups -OCH3 is 1. The van der Waals surface area contributed by atoms with E-state index >= 15 is 0 Å². The molecular formula is C19H18N2O5S. The van der Waals surface area contributed by atoms with Gasteiger partial charge in [-0.2, -0.15) is 0 Å². The summed E-state index contributed by atoms with van der Waals surface area (Å²) < 4.78 is 15.9. The van der Waals surface area contributed by atoms with E-state index in [-0.39, 0.29) is 22.8 Å². The molecular weight excluding hydrogens is 368 g/mol. The van der Waals surface area contributed by atoms with E-state index in [9.17, 15) is 9.59 Å². The van der Waals surface area contributed by atoms with Crippen LogP contribution in [0.5, 0.6) is 5.75 Å². The Bertz CT molecular complexity index is 1070. The first-order chi connectivity index (χ1) is 12.9. The van der Waals surface area contributed by atoms with Crippen molar-refractivity contribution < 1.29 is 23.5 Å². The van der Waals surface area contributed by atoms with Gasteiger partial charge in [0.2, 0.25) is 5.55 Å². The zero-order valence-electron chi connectivity index (χ0n) is 15.0. The Balaban J connectivity index is 1.92. The minimum absolute atomic E-state index is 0.0485. The van der Waals surface area contributed by atoms with Gasteiger partial charge in [0.15, 0.2) is 11.3 Å². The monoisotopic (exact) mass is 386 g/mol. The van der Waals surface area contributed by atoms with Crippen LogP contribution < -0.4 is 15.6 Å². The number of esters is 1. The van der Waals surface area contributed by atoms with Crippen LogP contribution in [0.2, 0.25) is 0 Å². The van der Waals surface area contributed by atoms with Crippen molar-refractivity contribution >= 4 is 39.2 Å². The second kappa shape index (κ2) is 7.63. The Morgan fingerprint density at radius 2 is 2.00 bits per heavy atom. The molecule has 27 heavy (non-hydrogen) atoms. The number of ether oxygens (including phenoxy) is 2. The van der Waals surface area contributed by atoms with Crippen molar-refractivity contribution in [1.29, 1.82) is 5.41 Å². The lowest BCUT2D eigenvalue weighted by Gasteiger charge is -2.10. The molecule has 0 unspecified atom stereocenters. The Hall–Kier alpha value is -3.13. The zero-order valence-corrected chi connectivity index (χ0v) is 15.8. The van der Waals surface area contributed by atoms with Crippen molar-refractivity contribution in [1.82, 2.24) is 0 Å². The van der Waals surface area contributed by atoms with Gasteiger partial charge in [0.25, 0.3) is 5.91 Å². The fourth-order valence-electron chi connectivity index (χ4n) is 2.48. The first-order valence-corrected chi connectivity index (χ1v) is 9.04. The maximum Gasteiger partial charge on any atom is 0.341 e. The number of carbonyl (C=O) groups excluding carboxylic acids is 2. The number of carbonyl (C=O) groups is 2. The van der Waals surface area contributed by atoms with Crippen molar-refractivity contribution in [3.05, 3.63) is 52.4 Å². The molecule has 2 aromatic heterocycles. The highest BCUT2D eigenvalue weighted by Gasteiger charge is 2.20. The lowest BCUT2D eigenvalue weighted by molar-refractivity contribution is 0.0379. The van der Waals surface area contributed by atoms with Crippen LogP contribution in [0.4, 0.5) is 5.00 Å². The smallest absolute Gasteiger partial charge is 0.341 e. The molecule has 1 aromatic carbocycles.